The van der Waals surface area contributed by atoms with Crippen LogP contribution in [0.5, 0.6) is 5.75 Å². The highest BCUT2D eigenvalue weighted by molar-refractivity contribution is 7.54. The minimum Gasteiger partial charge on any atom is -0.491 e. The molecule has 1 atom stereocenters. The van der Waals surface area contributed by atoms with Gasteiger partial charge in [-0.3, -0.25) is 9.36 Å². The molecular weight excluding hydrogens is 374 g/mol. The highest BCUT2D eigenvalue weighted by Crippen LogP contribution is 2.53. The van der Waals surface area contributed by atoms with Gasteiger partial charge in [0.2, 0.25) is 0 Å². The van der Waals surface area contributed by atoms with Crippen LogP contribution in [0.1, 0.15) is 33.6 Å². The van der Waals surface area contributed by atoms with E-state index in [1.165, 1.54) is 19.1 Å². The standard InChI is InChI=1S/C16H23ClFO6P/c1-4-22-25(20,23-5-2)12(3)24-16(19)7-6-10-21-15-9-8-13(17)11-14(15)18/h8-9,11-12H,4-7,10H2,1-3H3. The highest BCUT2D eigenvalue weighted by atomic mass is 35.5. The maximum Gasteiger partial charge on any atom is 0.370 e. The normalized spacial score (nSPS) is 12.7. The first kappa shape index (κ1) is 21.9. The molecule has 25 heavy (non-hydrogen) atoms. The minimum atomic E-state index is -3.50. The van der Waals surface area contributed by atoms with Crippen LogP contribution in [0.3, 0.4) is 0 Å². The minimum absolute atomic E-state index is 0.0256. The molecule has 6 nitrogen and oxygen atoms in total. The van der Waals surface area contributed by atoms with Crippen molar-refractivity contribution >= 4 is 25.2 Å². The molecular formula is C16H23ClFO6P. The molecule has 0 saturated heterocycles. The fourth-order valence-electron chi connectivity index (χ4n) is 1.91. The third-order valence-electron chi connectivity index (χ3n) is 3.04. The van der Waals surface area contributed by atoms with Crippen molar-refractivity contribution in [1.82, 2.24) is 0 Å². The average Bonchev–Trinajstić information content (AvgIpc) is 2.53. The van der Waals surface area contributed by atoms with E-state index in [4.69, 9.17) is 30.1 Å². The number of benzene rings is 1. The molecule has 0 aliphatic rings. The molecule has 1 rings (SSSR count). The molecule has 0 aliphatic carbocycles. The largest absolute Gasteiger partial charge is 0.491 e. The SMILES string of the molecule is CCOP(=O)(OCC)C(C)OC(=O)CCCOc1ccc(Cl)cc1F. The molecule has 1 unspecified atom stereocenters. The summed E-state index contributed by atoms with van der Waals surface area (Å²) in [4.78, 5) is 11.8. The lowest BCUT2D eigenvalue weighted by atomic mass is 10.3. The van der Waals surface area contributed by atoms with Crippen molar-refractivity contribution in [3.8, 4) is 5.75 Å². The van der Waals surface area contributed by atoms with E-state index < -0.39 is 25.2 Å². The first-order valence-electron chi connectivity index (χ1n) is 7.98. The Kier molecular flexibility index (Phi) is 9.43. The van der Waals surface area contributed by atoms with Crippen molar-refractivity contribution in [1.29, 1.82) is 0 Å². The van der Waals surface area contributed by atoms with Crippen molar-refractivity contribution in [2.75, 3.05) is 19.8 Å². The smallest absolute Gasteiger partial charge is 0.370 e. The van der Waals surface area contributed by atoms with Gasteiger partial charge in [0.05, 0.1) is 19.8 Å². The zero-order chi connectivity index (χ0) is 18.9. The number of ether oxygens (including phenoxy) is 2. The molecule has 142 valence electrons. The van der Waals surface area contributed by atoms with Crippen LogP contribution in [0.4, 0.5) is 4.39 Å². The molecule has 0 bridgehead atoms. The van der Waals surface area contributed by atoms with Gasteiger partial charge in [0.15, 0.2) is 17.4 Å². The summed E-state index contributed by atoms with van der Waals surface area (Å²) in [6.45, 7) is 5.29. The maximum absolute atomic E-state index is 13.5. The van der Waals surface area contributed by atoms with Crippen LogP contribution in [-0.2, 0) is 23.1 Å². The van der Waals surface area contributed by atoms with Crippen molar-refractivity contribution < 1.29 is 32.3 Å². The number of hydrogen-bond donors (Lipinski definition) is 0. The molecule has 0 spiro atoms. The van der Waals surface area contributed by atoms with E-state index in [2.05, 4.69) is 0 Å². The number of carbonyl (C=O) groups excluding carboxylic acids is 1. The maximum atomic E-state index is 13.5. The third-order valence-corrected chi connectivity index (χ3v) is 5.51. The number of halogens is 2. The Bertz CT molecular complexity index is 602. The Morgan fingerprint density at radius 1 is 1.28 bits per heavy atom. The lowest BCUT2D eigenvalue weighted by Gasteiger charge is -2.23. The van der Waals surface area contributed by atoms with E-state index in [1.807, 2.05) is 0 Å². The molecule has 0 N–H and O–H groups in total. The van der Waals surface area contributed by atoms with Gasteiger partial charge in [-0.15, -0.1) is 0 Å². The highest BCUT2D eigenvalue weighted by Gasteiger charge is 2.34. The van der Waals surface area contributed by atoms with E-state index in [0.29, 0.717) is 6.42 Å². The lowest BCUT2D eigenvalue weighted by Crippen LogP contribution is -2.18. The van der Waals surface area contributed by atoms with Crippen LogP contribution in [0.2, 0.25) is 5.02 Å². The molecule has 0 fully saturated rings. The van der Waals surface area contributed by atoms with E-state index in [1.54, 1.807) is 13.8 Å². The number of carbonyl (C=O) groups is 1. The van der Waals surface area contributed by atoms with Gasteiger partial charge < -0.3 is 18.5 Å². The van der Waals surface area contributed by atoms with Crippen LogP contribution in [0.15, 0.2) is 18.2 Å². The summed E-state index contributed by atoms with van der Waals surface area (Å²) < 4.78 is 46.5. The topological polar surface area (TPSA) is 71.1 Å². The van der Waals surface area contributed by atoms with Gasteiger partial charge in [-0.1, -0.05) is 11.6 Å². The number of hydrogen-bond acceptors (Lipinski definition) is 6. The van der Waals surface area contributed by atoms with Crippen molar-refractivity contribution in [2.24, 2.45) is 0 Å². The molecule has 1 aromatic rings. The fourth-order valence-corrected chi connectivity index (χ4v) is 3.53. The van der Waals surface area contributed by atoms with Gasteiger partial charge in [-0.25, -0.2) is 4.39 Å². The van der Waals surface area contributed by atoms with Crippen molar-refractivity contribution in [2.45, 2.75) is 39.5 Å². The monoisotopic (exact) mass is 396 g/mol. The van der Waals surface area contributed by atoms with Crippen LogP contribution in [-0.4, -0.2) is 31.6 Å². The summed E-state index contributed by atoms with van der Waals surface area (Å²) in [6.07, 6.45) is 0.332. The molecule has 0 aromatic heterocycles. The van der Waals surface area contributed by atoms with Crippen LogP contribution in [0.25, 0.3) is 0 Å². The number of esters is 1. The zero-order valence-electron chi connectivity index (χ0n) is 14.5. The summed E-state index contributed by atoms with van der Waals surface area (Å²) in [5.41, 5.74) is 0. The average molecular weight is 397 g/mol. The fraction of sp³-hybridized carbons (Fsp3) is 0.562. The summed E-state index contributed by atoms with van der Waals surface area (Å²) in [5.74, 6) is -2.08. The summed E-state index contributed by atoms with van der Waals surface area (Å²) in [7, 11) is -3.50. The van der Waals surface area contributed by atoms with Crippen LogP contribution >= 0.6 is 19.2 Å². The quantitative estimate of drug-likeness (QED) is 0.304. The summed E-state index contributed by atoms with van der Waals surface area (Å²) in [5, 5.41) is 0.274. The Hall–Kier alpha value is -1.14. The summed E-state index contributed by atoms with van der Waals surface area (Å²) in [6, 6.07) is 4.07. The first-order valence-corrected chi connectivity index (χ1v) is 9.97. The second-order valence-electron chi connectivity index (χ2n) is 4.99. The van der Waals surface area contributed by atoms with Gasteiger partial charge in [-0.05, 0) is 45.4 Å². The van der Waals surface area contributed by atoms with Gasteiger partial charge in [0.1, 0.15) is 0 Å². The van der Waals surface area contributed by atoms with E-state index in [-0.39, 0.29) is 37.0 Å². The van der Waals surface area contributed by atoms with E-state index in [9.17, 15) is 13.8 Å². The van der Waals surface area contributed by atoms with Gasteiger partial charge in [0.25, 0.3) is 0 Å². The van der Waals surface area contributed by atoms with Crippen LogP contribution < -0.4 is 4.74 Å². The Morgan fingerprint density at radius 2 is 1.92 bits per heavy atom. The molecule has 1 aromatic carbocycles. The molecule has 0 amide bonds. The molecule has 0 radical (unpaired) electrons. The van der Waals surface area contributed by atoms with Crippen molar-refractivity contribution in [3.05, 3.63) is 29.0 Å². The zero-order valence-corrected chi connectivity index (χ0v) is 16.1. The van der Waals surface area contributed by atoms with E-state index in [0.717, 1.165) is 6.07 Å². The second-order valence-corrected chi connectivity index (χ2v) is 7.75. The van der Waals surface area contributed by atoms with Gasteiger partial charge >= 0.3 is 13.6 Å². The van der Waals surface area contributed by atoms with Gasteiger partial charge in [0, 0.05) is 11.4 Å². The molecule has 0 saturated carbocycles. The molecule has 0 heterocycles. The molecule has 9 heteroatoms. The lowest BCUT2D eigenvalue weighted by molar-refractivity contribution is -0.146. The molecule has 0 aliphatic heterocycles. The van der Waals surface area contributed by atoms with Gasteiger partial charge in [-0.2, -0.15) is 0 Å². The third kappa shape index (κ3) is 7.32. The Labute approximate surface area is 152 Å². The first-order chi connectivity index (χ1) is 11.8. The Balaban J connectivity index is 2.40. The Morgan fingerprint density at radius 3 is 2.48 bits per heavy atom. The van der Waals surface area contributed by atoms with Crippen molar-refractivity contribution in [3.63, 3.8) is 0 Å². The predicted octanol–water partition coefficient (Wildman–Crippen LogP) is 4.79. The second kappa shape index (κ2) is 10.8. The van der Waals surface area contributed by atoms with E-state index >= 15 is 0 Å². The predicted molar refractivity (Wildman–Crippen MR) is 92.6 cm³/mol. The number of rotatable bonds is 11. The van der Waals surface area contributed by atoms with Crippen LogP contribution in [0, 0.1) is 5.82 Å². The summed E-state index contributed by atoms with van der Waals surface area (Å²) >= 11 is 5.65.